The third-order valence-electron chi connectivity index (χ3n) is 3.74. The van der Waals surface area contributed by atoms with E-state index in [1.54, 1.807) is 0 Å². The average molecular weight is 267 g/mol. The molecule has 0 bridgehead atoms. The fraction of sp³-hybridized carbons (Fsp3) is 0.786. The second-order valence-corrected chi connectivity index (χ2v) is 6.84. The first-order valence-electron chi connectivity index (χ1n) is 6.92. The first-order chi connectivity index (χ1) is 8.39. The molecule has 1 fully saturated rings. The van der Waals surface area contributed by atoms with Crippen molar-refractivity contribution in [3.63, 3.8) is 0 Å². The van der Waals surface area contributed by atoms with Gasteiger partial charge in [0.25, 0.3) is 0 Å². The highest BCUT2D eigenvalue weighted by Crippen LogP contribution is 2.26. The molecule has 18 heavy (non-hydrogen) atoms. The van der Waals surface area contributed by atoms with Gasteiger partial charge in [0.2, 0.25) is 0 Å². The number of nitrogens with zero attached hydrogens (tertiary/aromatic N) is 2. The normalized spacial score (nSPS) is 19.3. The minimum absolute atomic E-state index is 0.132. The van der Waals surface area contributed by atoms with Crippen molar-refractivity contribution >= 4 is 12.2 Å². The summed E-state index contributed by atoms with van der Waals surface area (Å²) in [4.78, 5) is 5.76. The van der Waals surface area contributed by atoms with Crippen LogP contribution in [-0.2, 0) is 5.41 Å². The van der Waals surface area contributed by atoms with Crippen LogP contribution in [0, 0.1) is 4.77 Å². The standard InChI is InChI=1S/C14H25N3S/c1-11(10-16-7-5-6-8-16)17-12(14(2,3)4)9-15-13(17)18/h9,11H,5-8,10H2,1-4H3,(H,15,18). The van der Waals surface area contributed by atoms with E-state index in [1.807, 2.05) is 0 Å². The van der Waals surface area contributed by atoms with Crippen molar-refractivity contribution in [2.24, 2.45) is 0 Å². The Kier molecular flexibility index (Phi) is 3.97. The smallest absolute Gasteiger partial charge is 0.177 e. The number of H-pyrrole nitrogens is 1. The molecule has 0 spiro atoms. The SMILES string of the molecule is CC(CN1CCCC1)n1c(C(C)(C)C)c[nH]c1=S. The molecule has 2 heterocycles. The van der Waals surface area contributed by atoms with Gasteiger partial charge in [0.15, 0.2) is 4.77 Å². The molecule has 1 atom stereocenters. The topological polar surface area (TPSA) is 24.0 Å². The minimum Gasteiger partial charge on any atom is -0.337 e. The maximum absolute atomic E-state index is 5.45. The summed E-state index contributed by atoms with van der Waals surface area (Å²) in [6.45, 7) is 12.6. The van der Waals surface area contributed by atoms with Crippen LogP contribution < -0.4 is 0 Å². The van der Waals surface area contributed by atoms with E-state index in [-0.39, 0.29) is 5.41 Å². The predicted octanol–water partition coefficient (Wildman–Crippen LogP) is 3.50. The minimum atomic E-state index is 0.132. The van der Waals surface area contributed by atoms with E-state index in [9.17, 15) is 0 Å². The summed E-state index contributed by atoms with van der Waals surface area (Å²) in [5.41, 5.74) is 1.44. The van der Waals surface area contributed by atoms with Crippen LogP contribution >= 0.6 is 12.2 Å². The van der Waals surface area contributed by atoms with E-state index in [0.29, 0.717) is 6.04 Å². The van der Waals surface area contributed by atoms with Gasteiger partial charge in [-0.25, -0.2) is 0 Å². The van der Waals surface area contributed by atoms with Crippen LogP contribution in [-0.4, -0.2) is 34.1 Å². The van der Waals surface area contributed by atoms with Crippen molar-refractivity contribution in [2.75, 3.05) is 19.6 Å². The summed E-state index contributed by atoms with van der Waals surface area (Å²) >= 11 is 5.45. The lowest BCUT2D eigenvalue weighted by Crippen LogP contribution is -2.29. The third kappa shape index (κ3) is 2.86. The van der Waals surface area contributed by atoms with Crippen molar-refractivity contribution in [3.8, 4) is 0 Å². The van der Waals surface area contributed by atoms with Gasteiger partial charge in [-0.1, -0.05) is 20.8 Å². The molecule has 0 amide bonds. The molecule has 1 N–H and O–H groups in total. The zero-order chi connectivity index (χ0) is 13.3. The summed E-state index contributed by atoms with van der Waals surface area (Å²) in [5, 5.41) is 0. The first-order valence-corrected chi connectivity index (χ1v) is 7.33. The number of aromatic amines is 1. The molecule has 3 nitrogen and oxygen atoms in total. The number of imidazole rings is 1. The van der Waals surface area contributed by atoms with Gasteiger partial charge >= 0.3 is 0 Å². The molecule has 0 radical (unpaired) electrons. The Morgan fingerprint density at radius 2 is 1.94 bits per heavy atom. The Hall–Kier alpha value is -0.610. The predicted molar refractivity (Wildman–Crippen MR) is 78.7 cm³/mol. The zero-order valence-corrected chi connectivity index (χ0v) is 12.8. The number of likely N-dealkylation sites (tertiary alicyclic amines) is 1. The van der Waals surface area contributed by atoms with E-state index >= 15 is 0 Å². The molecular formula is C14H25N3S. The summed E-state index contributed by atoms with van der Waals surface area (Å²) in [7, 11) is 0. The maximum atomic E-state index is 5.45. The van der Waals surface area contributed by atoms with E-state index in [4.69, 9.17) is 12.2 Å². The van der Waals surface area contributed by atoms with Crippen LogP contribution in [0.3, 0.4) is 0 Å². The Bertz CT molecular complexity index is 446. The second-order valence-electron chi connectivity index (χ2n) is 6.46. The molecule has 1 aromatic rings. The molecule has 102 valence electrons. The lowest BCUT2D eigenvalue weighted by atomic mass is 9.92. The van der Waals surface area contributed by atoms with E-state index in [0.717, 1.165) is 11.3 Å². The van der Waals surface area contributed by atoms with Gasteiger partial charge in [-0.3, -0.25) is 0 Å². The molecule has 1 saturated heterocycles. The summed E-state index contributed by atoms with van der Waals surface area (Å²) in [6.07, 6.45) is 4.76. The molecule has 1 aromatic heterocycles. The van der Waals surface area contributed by atoms with E-state index in [1.165, 1.54) is 31.6 Å². The number of hydrogen-bond acceptors (Lipinski definition) is 2. The molecule has 2 rings (SSSR count). The van der Waals surface area contributed by atoms with Crippen LogP contribution in [0.2, 0.25) is 0 Å². The van der Waals surface area contributed by atoms with E-state index in [2.05, 4.69) is 48.3 Å². The van der Waals surface area contributed by atoms with Crippen molar-refractivity contribution in [2.45, 2.75) is 52.0 Å². The molecule has 1 aliphatic rings. The largest absolute Gasteiger partial charge is 0.337 e. The summed E-state index contributed by atoms with van der Waals surface area (Å²) < 4.78 is 3.15. The number of nitrogens with one attached hydrogen (secondary N) is 1. The molecule has 0 aromatic carbocycles. The highest BCUT2D eigenvalue weighted by Gasteiger charge is 2.23. The second kappa shape index (κ2) is 5.17. The number of rotatable bonds is 3. The Morgan fingerprint density at radius 3 is 2.50 bits per heavy atom. The lowest BCUT2D eigenvalue weighted by molar-refractivity contribution is 0.280. The lowest BCUT2D eigenvalue weighted by Gasteiger charge is -2.27. The molecule has 0 aliphatic carbocycles. The highest BCUT2D eigenvalue weighted by molar-refractivity contribution is 7.71. The Balaban J connectivity index is 2.21. The van der Waals surface area contributed by atoms with Gasteiger partial charge < -0.3 is 14.5 Å². The van der Waals surface area contributed by atoms with Crippen molar-refractivity contribution < 1.29 is 0 Å². The third-order valence-corrected chi connectivity index (χ3v) is 4.06. The van der Waals surface area contributed by atoms with Gasteiger partial charge in [-0.15, -0.1) is 0 Å². The molecule has 1 unspecified atom stereocenters. The van der Waals surface area contributed by atoms with Crippen molar-refractivity contribution in [1.82, 2.24) is 14.5 Å². The average Bonchev–Trinajstić information content (AvgIpc) is 2.85. The summed E-state index contributed by atoms with van der Waals surface area (Å²) in [5.74, 6) is 0. The van der Waals surface area contributed by atoms with Gasteiger partial charge in [0.05, 0.1) is 0 Å². The van der Waals surface area contributed by atoms with Crippen LogP contribution in [0.4, 0.5) is 0 Å². The quantitative estimate of drug-likeness (QED) is 0.848. The number of hydrogen-bond donors (Lipinski definition) is 1. The van der Waals surface area contributed by atoms with Crippen LogP contribution in [0.15, 0.2) is 6.20 Å². The van der Waals surface area contributed by atoms with Crippen LogP contribution in [0.1, 0.15) is 52.3 Å². The van der Waals surface area contributed by atoms with E-state index < -0.39 is 0 Å². The molecular weight excluding hydrogens is 242 g/mol. The van der Waals surface area contributed by atoms with Crippen LogP contribution in [0.5, 0.6) is 0 Å². The Morgan fingerprint density at radius 1 is 1.33 bits per heavy atom. The van der Waals surface area contributed by atoms with Crippen molar-refractivity contribution in [1.29, 1.82) is 0 Å². The maximum Gasteiger partial charge on any atom is 0.177 e. The number of aromatic nitrogens is 2. The monoisotopic (exact) mass is 267 g/mol. The van der Waals surface area contributed by atoms with Crippen LogP contribution in [0.25, 0.3) is 0 Å². The van der Waals surface area contributed by atoms with Crippen molar-refractivity contribution in [3.05, 3.63) is 16.7 Å². The highest BCUT2D eigenvalue weighted by atomic mass is 32.1. The van der Waals surface area contributed by atoms with Gasteiger partial charge in [-0.05, 0) is 45.1 Å². The summed E-state index contributed by atoms with van der Waals surface area (Å²) in [6, 6.07) is 0.441. The van der Waals surface area contributed by atoms with Gasteiger partial charge in [0.1, 0.15) is 0 Å². The fourth-order valence-electron chi connectivity index (χ4n) is 2.81. The molecule has 4 heteroatoms. The first kappa shape index (κ1) is 13.8. The van der Waals surface area contributed by atoms with Gasteiger partial charge in [0, 0.05) is 29.9 Å². The Labute approximate surface area is 115 Å². The zero-order valence-electron chi connectivity index (χ0n) is 12.0. The fourth-order valence-corrected chi connectivity index (χ4v) is 3.15. The molecule has 0 saturated carbocycles. The molecule has 1 aliphatic heterocycles. The van der Waals surface area contributed by atoms with Gasteiger partial charge in [-0.2, -0.15) is 0 Å².